The van der Waals surface area contributed by atoms with E-state index < -0.39 is 5.60 Å². The number of amides is 1. The van der Waals surface area contributed by atoms with Crippen LogP contribution in [0.1, 0.15) is 30.1 Å². The van der Waals surface area contributed by atoms with Gasteiger partial charge >= 0.3 is 0 Å². The monoisotopic (exact) mass is 263 g/mol. The summed E-state index contributed by atoms with van der Waals surface area (Å²) in [7, 11) is 1.60. The highest BCUT2D eigenvalue weighted by Gasteiger charge is 2.28. The molecule has 0 saturated carbocycles. The summed E-state index contributed by atoms with van der Waals surface area (Å²) in [6.45, 7) is 3.41. The number of nitrogens with zero attached hydrogens (tertiary/aromatic N) is 1. The van der Waals surface area contributed by atoms with Crippen molar-refractivity contribution in [3.63, 3.8) is 0 Å². The van der Waals surface area contributed by atoms with E-state index in [1.165, 1.54) is 0 Å². The Kier molecular flexibility index (Phi) is 3.66. The fraction of sp³-hybridized carbons (Fsp3) is 0.500. The van der Waals surface area contributed by atoms with Crippen molar-refractivity contribution < 1.29 is 9.90 Å². The summed E-state index contributed by atoms with van der Waals surface area (Å²) < 4.78 is 0. The van der Waals surface area contributed by atoms with E-state index in [0.29, 0.717) is 11.3 Å². The molecule has 0 aliphatic carbocycles. The molecule has 1 aromatic carbocycles. The third kappa shape index (κ3) is 2.98. The number of carbonyl (C=O) groups is 1. The average Bonchev–Trinajstić information content (AvgIpc) is 2.38. The maximum atomic E-state index is 11.5. The number of hydrogen-bond acceptors (Lipinski definition) is 4. The van der Waals surface area contributed by atoms with Gasteiger partial charge in [-0.25, -0.2) is 0 Å². The topological polar surface area (TPSA) is 78.6 Å². The Morgan fingerprint density at radius 2 is 2.05 bits per heavy atom. The highest BCUT2D eigenvalue weighted by molar-refractivity contribution is 5.96. The number of carbonyl (C=O) groups excluding carboxylic acids is 1. The lowest BCUT2D eigenvalue weighted by molar-refractivity contribution is 0.0351. The second kappa shape index (κ2) is 5.09. The van der Waals surface area contributed by atoms with Gasteiger partial charge in [0.25, 0.3) is 5.91 Å². The van der Waals surface area contributed by atoms with Gasteiger partial charge in [-0.3, -0.25) is 4.79 Å². The van der Waals surface area contributed by atoms with Crippen LogP contribution >= 0.6 is 0 Å². The predicted octanol–water partition coefficient (Wildman–Crippen LogP) is 0.980. The van der Waals surface area contributed by atoms with Crippen molar-refractivity contribution in [3.05, 3.63) is 23.8 Å². The molecule has 0 spiro atoms. The number of anilines is 2. The molecule has 1 aliphatic heterocycles. The molecule has 0 radical (unpaired) electrons. The first-order valence-corrected chi connectivity index (χ1v) is 6.52. The van der Waals surface area contributed by atoms with Crippen LogP contribution in [0, 0.1) is 0 Å². The van der Waals surface area contributed by atoms with E-state index in [-0.39, 0.29) is 5.91 Å². The summed E-state index contributed by atoms with van der Waals surface area (Å²) in [6.07, 6.45) is 1.45. The van der Waals surface area contributed by atoms with Crippen LogP contribution in [0.5, 0.6) is 0 Å². The molecule has 1 fully saturated rings. The average molecular weight is 263 g/mol. The summed E-state index contributed by atoms with van der Waals surface area (Å²) in [5.74, 6) is -0.139. The first-order chi connectivity index (χ1) is 8.93. The summed E-state index contributed by atoms with van der Waals surface area (Å²) in [6, 6.07) is 5.35. The Balaban J connectivity index is 2.16. The summed E-state index contributed by atoms with van der Waals surface area (Å²) in [4.78, 5) is 13.7. The lowest BCUT2D eigenvalue weighted by atomic mass is 9.93. The highest BCUT2D eigenvalue weighted by atomic mass is 16.3. The van der Waals surface area contributed by atoms with Gasteiger partial charge in [0.15, 0.2) is 0 Å². The number of rotatable bonds is 2. The second-order valence-electron chi connectivity index (χ2n) is 5.34. The number of hydrogen-bond donors (Lipinski definition) is 3. The molecule has 5 nitrogen and oxygen atoms in total. The minimum Gasteiger partial charge on any atom is -0.397 e. The maximum Gasteiger partial charge on any atom is 0.251 e. The van der Waals surface area contributed by atoms with E-state index in [2.05, 4.69) is 10.2 Å². The van der Waals surface area contributed by atoms with Gasteiger partial charge in [0.2, 0.25) is 0 Å². The van der Waals surface area contributed by atoms with Crippen molar-refractivity contribution in [2.75, 3.05) is 30.8 Å². The predicted molar refractivity (Wildman–Crippen MR) is 76.3 cm³/mol. The van der Waals surface area contributed by atoms with E-state index in [0.717, 1.165) is 31.6 Å². The molecule has 5 heteroatoms. The molecule has 2 rings (SSSR count). The molecule has 0 unspecified atom stereocenters. The SMILES string of the molecule is CNC(=O)c1ccc(N2CCC(C)(O)CC2)c(N)c1. The molecule has 19 heavy (non-hydrogen) atoms. The number of benzene rings is 1. The zero-order valence-electron chi connectivity index (χ0n) is 11.4. The Labute approximate surface area is 113 Å². The molecule has 0 aromatic heterocycles. The van der Waals surface area contributed by atoms with Gasteiger partial charge in [0, 0.05) is 25.7 Å². The van der Waals surface area contributed by atoms with Crippen molar-refractivity contribution >= 4 is 17.3 Å². The quantitative estimate of drug-likeness (QED) is 0.695. The first kappa shape index (κ1) is 13.7. The first-order valence-electron chi connectivity index (χ1n) is 6.52. The van der Waals surface area contributed by atoms with Gasteiger partial charge in [-0.2, -0.15) is 0 Å². The smallest absolute Gasteiger partial charge is 0.251 e. The number of piperidine rings is 1. The molecular weight excluding hydrogens is 242 g/mol. The Bertz CT molecular complexity index is 476. The number of nitrogens with two attached hydrogens (primary N) is 1. The minimum atomic E-state index is -0.576. The van der Waals surface area contributed by atoms with E-state index in [1.54, 1.807) is 19.2 Å². The Morgan fingerprint density at radius 3 is 2.58 bits per heavy atom. The Morgan fingerprint density at radius 1 is 1.42 bits per heavy atom. The van der Waals surface area contributed by atoms with Crippen molar-refractivity contribution in [3.8, 4) is 0 Å². The van der Waals surface area contributed by atoms with Crippen LogP contribution in [0.25, 0.3) is 0 Å². The van der Waals surface area contributed by atoms with Crippen LogP contribution in [0.3, 0.4) is 0 Å². The molecule has 1 saturated heterocycles. The number of nitrogen functional groups attached to an aromatic ring is 1. The molecule has 1 heterocycles. The zero-order chi connectivity index (χ0) is 14.0. The van der Waals surface area contributed by atoms with Gasteiger partial charge in [-0.05, 0) is 38.0 Å². The van der Waals surface area contributed by atoms with E-state index in [9.17, 15) is 9.90 Å². The van der Waals surface area contributed by atoms with Crippen molar-refractivity contribution in [1.29, 1.82) is 0 Å². The summed E-state index contributed by atoms with van der Waals surface area (Å²) in [5, 5.41) is 12.5. The maximum absolute atomic E-state index is 11.5. The van der Waals surface area contributed by atoms with Gasteiger partial charge in [0.1, 0.15) is 0 Å². The molecule has 1 aromatic rings. The van der Waals surface area contributed by atoms with Crippen molar-refractivity contribution in [2.24, 2.45) is 0 Å². The third-order valence-corrected chi connectivity index (χ3v) is 3.70. The molecule has 104 valence electrons. The van der Waals surface area contributed by atoms with E-state index >= 15 is 0 Å². The van der Waals surface area contributed by atoms with Gasteiger partial charge < -0.3 is 21.1 Å². The van der Waals surface area contributed by atoms with Gasteiger partial charge in [-0.15, -0.1) is 0 Å². The summed E-state index contributed by atoms with van der Waals surface area (Å²) >= 11 is 0. The fourth-order valence-corrected chi connectivity index (χ4v) is 2.36. The van der Waals surface area contributed by atoms with Gasteiger partial charge in [0.05, 0.1) is 17.0 Å². The van der Waals surface area contributed by atoms with Crippen LogP contribution < -0.4 is 16.0 Å². The molecular formula is C14H21N3O2. The van der Waals surface area contributed by atoms with Crippen LogP contribution in [0.4, 0.5) is 11.4 Å². The minimum absolute atomic E-state index is 0.139. The zero-order valence-corrected chi connectivity index (χ0v) is 11.4. The normalized spacial score (nSPS) is 18.2. The van der Waals surface area contributed by atoms with Crippen molar-refractivity contribution in [2.45, 2.75) is 25.4 Å². The van der Waals surface area contributed by atoms with E-state index in [1.807, 2.05) is 13.0 Å². The molecule has 0 atom stereocenters. The number of nitrogens with one attached hydrogen (secondary N) is 1. The molecule has 0 bridgehead atoms. The highest BCUT2D eigenvalue weighted by Crippen LogP contribution is 2.30. The lowest BCUT2D eigenvalue weighted by Crippen LogP contribution is -2.42. The lowest BCUT2D eigenvalue weighted by Gasteiger charge is -2.37. The van der Waals surface area contributed by atoms with Crippen LogP contribution in [0.2, 0.25) is 0 Å². The van der Waals surface area contributed by atoms with Crippen LogP contribution in [-0.2, 0) is 0 Å². The number of aliphatic hydroxyl groups is 1. The fourth-order valence-electron chi connectivity index (χ4n) is 2.36. The molecule has 1 aliphatic rings. The standard InChI is InChI=1S/C14H21N3O2/c1-14(19)5-7-17(8-6-14)12-4-3-10(9-11(12)15)13(18)16-2/h3-4,9,19H,5-8,15H2,1-2H3,(H,16,18). The van der Waals surface area contributed by atoms with E-state index in [4.69, 9.17) is 5.73 Å². The van der Waals surface area contributed by atoms with Crippen LogP contribution in [0.15, 0.2) is 18.2 Å². The molecule has 4 N–H and O–H groups in total. The largest absolute Gasteiger partial charge is 0.397 e. The summed E-state index contributed by atoms with van der Waals surface area (Å²) in [5.41, 5.74) is 7.55. The third-order valence-electron chi connectivity index (χ3n) is 3.70. The van der Waals surface area contributed by atoms with Gasteiger partial charge in [-0.1, -0.05) is 0 Å². The second-order valence-corrected chi connectivity index (χ2v) is 5.34. The van der Waals surface area contributed by atoms with Crippen molar-refractivity contribution in [1.82, 2.24) is 5.32 Å². The molecule has 1 amide bonds. The Hall–Kier alpha value is -1.75. The van der Waals surface area contributed by atoms with Crippen LogP contribution in [-0.4, -0.2) is 36.8 Å².